The molecule has 0 aliphatic carbocycles. The van der Waals surface area contributed by atoms with Crippen LogP contribution < -0.4 is 4.74 Å². The van der Waals surface area contributed by atoms with Crippen LogP contribution in [0.2, 0.25) is 0 Å². The second-order valence-electron chi connectivity index (χ2n) is 3.44. The van der Waals surface area contributed by atoms with Crippen LogP contribution in [-0.4, -0.2) is 31.0 Å². The predicted octanol–water partition coefficient (Wildman–Crippen LogP) is 1.85. The molecule has 0 saturated heterocycles. The first kappa shape index (κ1) is 12.0. The molecule has 1 N–H and O–H groups in total. The number of para-hydroxylation sites is 1. The average Bonchev–Trinajstić information content (AvgIpc) is 2.24. The van der Waals surface area contributed by atoms with Gasteiger partial charge in [-0.15, -0.1) is 0 Å². The Morgan fingerprint density at radius 2 is 1.93 bits per heavy atom. The zero-order valence-corrected chi connectivity index (χ0v) is 9.06. The summed E-state index contributed by atoms with van der Waals surface area (Å²) in [4.78, 5) is 0. The maximum atomic E-state index is 8.93. The summed E-state index contributed by atoms with van der Waals surface area (Å²) >= 11 is 0. The van der Waals surface area contributed by atoms with E-state index >= 15 is 0 Å². The molecule has 1 aromatic rings. The van der Waals surface area contributed by atoms with E-state index < -0.39 is 0 Å². The van der Waals surface area contributed by atoms with Crippen molar-refractivity contribution in [3.8, 4) is 5.75 Å². The van der Waals surface area contributed by atoms with Gasteiger partial charge in [0.1, 0.15) is 5.75 Å². The Labute approximate surface area is 90.6 Å². The molecule has 0 heterocycles. The lowest BCUT2D eigenvalue weighted by molar-refractivity contribution is 0.0412. The molecule has 0 amide bonds. The van der Waals surface area contributed by atoms with Gasteiger partial charge < -0.3 is 14.6 Å². The third kappa shape index (κ3) is 6.10. The topological polar surface area (TPSA) is 38.7 Å². The van der Waals surface area contributed by atoms with Crippen molar-refractivity contribution in [2.75, 3.05) is 19.8 Å². The summed E-state index contributed by atoms with van der Waals surface area (Å²) in [6.07, 6.45) is 0.446. The Morgan fingerprint density at radius 1 is 1.20 bits per heavy atom. The minimum absolute atomic E-state index is 0.389. The van der Waals surface area contributed by atoms with Crippen LogP contribution in [0.15, 0.2) is 30.3 Å². The summed E-state index contributed by atoms with van der Waals surface area (Å²) < 4.78 is 10.7. The van der Waals surface area contributed by atoms with E-state index in [9.17, 15) is 0 Å². The number of hydrogen-bond donors (Lipinski definition) is 1. The molecule has 0 bridgehead atoms. The van der Waals surface area contributed by atoms with Gasteiger partial charge >= 0.3 is 0 Å². The minimum Gasteiger partial charge on any atom is -0.494 e. The van der Waals surface area contributed by atoms with E-state index in [1.807, 2.05) is 30.3 Å². The van der Waals surface area contributed by atoms with E-state index in [0.717, 1.165) is 12.2 Å². The normalized spacial score (nSPS) is 12.4. The molecule has 0 aromatic heterocycles. The lowest BCUT2D eigenvalue weighted by Crippen LogP contribution is -2.12. The molecule has 3 nitrogen and oxygen atoms in total. The molecule has 0 radical (unpaired) electrons. The number of rotatable bonds is 7. The monoisotopic (exact) mass is 210 g/mol. The highest BCUT2D eigenvalue weighted by atomic mass is 16.5. The minimum atomic E-state index is -0.389. The van der Waals surface area contributed by atoms with Crippen molar-refractivity contribution >= 4 is 0 Å². The molecular weight excluding hydrogens is 192 g/mol. The maximum absolute atomic E-state index is 8.93. The molecule has 0 saturated carbocycles. The van der Waals surface area contributed by atoms with Crippen molar-refractivity contribution in [1.82, 2.24) is 0 Å². The van der Waals surface area contributed by atoms with Crippen molar-refractivity contribution in [3.63, 3.8) is 0 Å². The smallest absolute Gasteiger partial charge is 0.119 e. The van der Waals surface area contributed by atoms with Crippen LogP contribution in [0.25, 0.3) is 0 Å². The fraction of sp³-hybridized carbons (Fsp3) is 0.500. The lowest BCUT2D eigenvalue weighted by Gasteiger charge is -2.07. The summed E-state index contributed by atoms with van der Waals surface area (Å²) in [5.41, 5.74) is 0. The fourth-order valence-electron chi connectivity index (χ4n) is 1.12. The first-order chi connectivity index (χ1) is 7.29. The summed E-state index contributed by atoms with van der Waals surface area (Å²) in [5.74, 6) is 0.882. The molecule has 1 aromatic carbocycles. The highest BCUT2D eigenvalue weighted by molar-refractivity contribution is 5.20. The predicted molar refractivity (Wildman–Crippen MR) is 59.1 cm³/mol. The van der Waals surface area contributed by atoms with Crippen LogP contribution in [0.5, 0.6) is 5.75 Å². The highest BCUT2D eigenvalue weighted by Crippen LogP contribution is 2.08. The second-order valence-corrected chi connectivity index (χ2v) is 3.44. The van der Waals surface area contributed by atoms with E-state index in [4.69, 9.17) is 14.6 Å². The van der Waals surface area contributed by atoms with Crippen LogP contribution in [0, 0.1) is 0 Å². The fourth-order valence-corrected chi connectivity index (χ4v) is 1.12. The number of ether oxygens (including phenoxy) is 2. The van der Waals surface area contributed by atoms with Crippen LogP contribution >= 0.6 is 0 Å². The van der Waals surface area contributed by atoms with Gasteiger partial charge in [-0.25, -0.2) is 0 Å². The second kappa shape index (κ2) is 7.26. The standard InChI is InChI=1S/C12H18O3/c1-11(13)10-14-8-5-9-15-12-6-3-2-4-7-12/h2-4,6-7,11,13H,5,8-10H2,1H3. The number of hydrogen-bond acceptors (Lipinski definition) is 3. The Hall–Kier alpha value is -1.06. The zero-order valence-electron chi connectivity index (χ0n) is 9.06. The molecule has 3 heteroatoms. The summed E-state index contributed by atoms with van der Waals surface area (Å²) in [5, 5.41) is 8.93. The maximum Gasteiger partial charge on any atom is 0.119 e. The van der Waals surface area contributed by atoms with Gasteiger partial charge in [0.15, 0.2) is 0 Å². The summed E-state index contributed by atoms with van der Waals surface area (Å²) in [6.45, 7) is 3.37. The lowest BCUT2D eigenvalue weighted by atomic mass is 10.3. The van der Waals surface area contributed by atoms with Gasteiger partial charge in [-0.05, 0) is 19.1 Å². The highest BCUT2D eigenvalue weighted by Gasteiger charge is 1.95. The van der Waals surface area contributed by atoms with Gasteiger partial charge in [0.25, 0.3) is 0 Å². The van der Waals surface area contributed by atoms with Gasteiger partial charge in [-0.1, -0.05) is 18.2 Å². The van der Waals surface area contributed by atoms with Crippen LogP contribution in [-0.2, 0) is 4.74 Å². The van der Waals surface area contributed by atoms with Crippen LogP contribution in [0.4, 0.5) is 0 Å². The van der Waals surface area contributed by atoms with Crippen LogP contribution in [0.3, 0.4) is 0 Å². The quantitative estimate of drug-likeness (QED) is 0.698. The molecule has 1 atom stereocenters. The van der Waals surface area contributed by atoms with E-state index in [0.29, 0.717) is 19.8 Å². The largest absolute Gasteiger partial charge is 0.494 e. The van der Waals surface area contributed by atoms with E-state index in [1.165, 1.54) is 0 Å². The van der Waals surface area contributed by atoms with Crippen LogP contribution in [0.1, 0.15) is 13.3 Å². The first-order valence-electron chi connectivity index (χ1n) is 5.22. The molecule has 0 spiro atoms. The molecule has 0 aliphatic heterocycles. The zero-order chi connectivity index (χ0) is 10.9. The molecule has 0 fully saturated rings. The van der Waals surface area contributed by atoms with Gasteiger partial charge in [0.05, 0.1) is 19.3 Å². The SMILES string of the molecule is CC(O)COCCCOc1ccccc1. The Morgan fingerprint density at radius 3 is 2.60 bits per heavy atom. The Bertz CT molecular complexity index is 246. The molecule has 0 aliphatic rings. The third-order valence-corrected chi connectivity index (χ3v) is 1.80. The molecule has 1 unspecified atom stereocenters. The van der Waals surface area contributed by atoms with Gasteiger partial charge in [0.2, 0.25) is 0 Å². The van der Waals surface area contributed by atoms with Crippen molar-refractivity contribution in [1.29, 1.82) is 0 Å². The molecule has 84 valence electrons. The summed E-state index contributed by atoms with van der Waals surface area (Å²) in [7, 11) is 0. The molecule has 15 heavy (non-hydrogen) atoms. The molecular formula is C12H18O3. The van der Waals surface area contributed by atoms with E-state index in [2.05, 4.69) is 0 Å². The number of aliphatic hydroxyl groups excluding tert-OH is 1. The number of benzene rings is 1. The third-order valence-electron chi connectivity index (χ3n) is 1.80. The number of aliphatic hydroxyl groups is 1. The Kier molecular flexibility index (Phi) is 5.81. The Balaban J connectivity index is 1.98. The van der Waals surface area contributed by atoms with Crippen molar-refractivity contribution in [2.24, 2.45) is 0 Å². The van der Waals surface area contributed by atoms with Crippen molar-refractivity contribution in [2.45, 2.75) is 19.4 Å². The van der Waals surface area contributed by atoms with E-state index in [1.54, 1.807) is 6.92 Å². The average molecular weight is 210 g/mol. The van der Waals surface area contributed by atoms with Crippen molar-refractivity contribution in [3.05, 3.63) is 30.3 Å². The van der Waals surface area contributed by atoms with E-state index in [-0.39, 0.29) is 6.10 Å². The van der Waals surface area contributed by atoms with Gasteiger partial charge in [0, 0.05) is 13.0 Å². The summed E-state index contributed by atoms with van der Waals surface area (Å²) in [6, 6.07) is 9.70. The first-order valence-corrected chi connectivity index (χ1v) is 5.22. The van der Waals surface area contributed by atoms with Crippen molar-refractivity contribution < 1.29 is 14.6 Å². The molecule has 1 rings (SSSR count). The van der Waals surface area contributed by atoms with Gasteiger partial charge in [-0.3, -0.25) is 0 Å². The van der Waals surface area contributed by atoms with Gasteiger partial charge in [-0.2, -0.15) is 0 Å².